The van der Waals surface area contributed by atoms with E-state index in [4.69, 9.17) is 4.89 Å². The number of hydrogen-bond acceptors (Lipinski definition) is 1. The lowest BCUT2D eigenvalue weighted by Gasteiger charge is -2.07. The standard InChI is InChI=1S/C2H4F3O2P/c1-2(3,4)8(5,6)7/h1H3,(H,6,7). The predicted molar refractivity (Wildman–Crippen MR) is 21.6 cm³/mol. The van der Waals surface area contributed by atoms with Crippen LogP contribution in [0.1, 0.15) is 6.92 Å². The van der Waals surface area contributed by atoms with Crippen LogP contribution >= 0.6 is 7.68 Å². The summed E-state index contributed by atoms with van der Waals surface area (Å²) in [4.78, 5) is 7.49. The smallest absolute Gasteiger partial charge is 0.317 e. The first-order valence-corrected chi connectivity index (χ1v) is 3.20. The zero-order valence-corrected chi connectivity index (χ0v) is 4.83. The third-order valence-electron chi connectivity index (χ3n) is 0.484. The molecule has 0 radical (unpaired) electrons. The fourth-order valence-corrected chi connectivity index (χ4v) is 0. The average Bonchev–Trinajstić information content (AvgIpc) is 1.25. The van der Waals surface area contributed by atoms with Crippen molar-refractivity contribution in [3.63, 3.8) is 0 Å². The maximum absolute atomic E-state index is 11.3. The molecule has 0 fully saturated rings. The second-order valence-corrected chi connectivity index (χ2v) is 3.13. The molecule has 0 spiro atoms. The largest absolute Gasteiger partial charge is 0.432 e. The van der Waals surface area contributed by atoms with Crippen molar-refractivity contribution in [2.45, 2.75) is 12.6 Å². The van der Waals surface area contributed by atoms with E-state index >= 15 is 0 Å². The molecule has 0 saturated heterocycles. The molecule has 6 heteroatoms. The zero-order chi connectivity index (χ0) is 7.00. The molecule has 8 heavy (non-hydrogen) atoms. The van der Waals surface area contributed by atoms with Gasteiger partial charge in [0.15, 0.2) is 0 Å². The molecule has 2 nitrogen and oxygen atoms in total. The van der Waals surface area contributed by atoms with Crippen LogP contribution in [-0.2, 0) is 4.57 Å². The monoisotopic (exact) mass is 148 g/mol. The van der Waals surface area contributed by atoms with Crippen LogP contribution in [0, 0.1) is 0 Å². The van der Waals surface area contributed by atoms with Crippen LogP contribution in [-0.4, -0.2) is 10.6 Å². The highest BCUT2D eigenvalue weighted by molar-refractivity contribution is 7.53. The van der Waals surface area contributed by atoms with Crippen LogP contribution in [0.2, 0.25) is 0 Å². The SMILES string of the molecule is CC(F)(F)P(=O)(O)F. The first-order valence-electron chi connectivity index (χ1n) is 1.65. The molecule has 0 aliphatic carbocycles. The van der Waals surface area contributed by atoms with Gasteiger partial charge in [-0.05, 0) is 0 Å². The van der Waals surface area contributed by atoms with E-state index in [1.54, 1.807) is 0 Å². The summed E-state index contributed by atoms with van der Waals surface area (Å²) >= 11 is 0. The van der Waals surface area contributed by atoms with Gasteiger partial charge >= 0.3 is 13.3 Å². The van der Waals surface area contributed by atoms with Gasteiger partial charge in [-0.25, -0.2) is 4.57 Å². The van der Waals surface area contributed by atoms with E-state index in [1.807, 2.05) is 0 Å². The molecule has 1 N–H and O–H groups in total. The number of hydrogen-bond donors (Lipinski definition) is 1. The van der Waals surface area contributed by atoms with Crippen LogP contribution in [0.4, 0.5) is 13.0 Å². The van der Waals surface area contributed by atoms with E-state index in [2.05, 4.69) is 0 Å². The lowest BCUT2D eigenvalue weighted by molar-refractivity contribution is 0.0873. The average molecular weight is 148 g/mol. The molecule has 0 rings (SSSR count). The Morgan fingerprint density at radius 2 is 1.75 bits per heavy atom. The normalized spacial score (nSPS) is 20.1. The molecule has 0 aliphatic rings. The highest BCUT2D eigenvalue weighted by Crippen LogP contribution is 2.57. The van der Waals surface area contributed by atoms with Crippen LogP contribution in [0.15, 0.2) is 0 Å². The maximum Gasteiger partial charge on any atom is 0.432 e. The minimum Gasteiger partial charge on any atom is -0.317 e. The van der Waals surface area contributed by atoms with Crippen molar-refractivity contribution < 1.29 is 22.4 Å². The van der Waals surface area contributed by atoms with Gasteiger partial charge in [0.25, 0.3) is 0 Å². The number of rotatable bonds is 1. The molecule has 0 aromatic rings. The Kier molecular flexibility index (Phi) is 1.73. The second-order valence-electron chi connectivity index (χ2n) is 1.34. The van der Waals surface area contributed by atoms with Crippen LogP contribution in [0.25, 0.3) is 0 Å². The van der Waals surface area contributed by atoms with Gasteiger partial charge in [-0.2, -0.15) is 13.0 Å². The molecule has 0 amide bonds. The number of alkyl halides is 2. The Morgan fingerprint density at radius 3 is 1.75 bits per heavy atom. The lowest BCUT2D eigenvalue weighted by atomic mass is 10.9. The molecular weight excluding hydrogens is 144 g/mol. The van der Waals surface area contributed by atoms with Crippen molar-refractivity contribution >= 4 is 7.68 Å². The summed E-state index contributed by atoms with van der Waals surface area (Å²) in [6.45, 7) is 0.0494. The molecule has 0 aromatic carbocycles. The quantitative estimate of drug-likeness (QED) is 0.575. The molecule has 0 heterocycles. The van der Waals surface area contributed by atoms with E-state index in [9.17, 15) is 17.5 Å². The molecule has 0 aliphatic heterocycles. The highest BCUT2D eigenvalue weighted by atomic mass is 31.2. The Hall–Kier alpha value is -0.0200. The summed E-state index contributed by atoms with van der Waals surface area (Å²) in [6.07, 6.45) is 0. The third kappa shape index (κ3) is 1.84. The Labute approximate surface area is 43.9 Å². The van der Waals surface area contributed by atoms with Gasteiger partial charge in [0.1, 0.15) is 0 Å². The van der Waals surface area contributed by atoms with E-state index in [1.165, 1.54) is 0 Å². The second kappa shape index (κ2) is 1.74. The summed E-state index contributed by atoms with van der Waals surface area (Å²) in [7, 11) is -5.68. The number of halogens is 3. The van der Waals surface area contributed by atoms with Gasteiger partial charge in [-0.15, -0.1) is 0 Å². The van der Waals surface area contributed by atoms with Gasteiger partial charge in [0, 0.05) is 6.92 Å². The fourth-order valence-electron chi connectivity index (χ4n) is 0. The maximum atomic E-state index is 11.3. The predicted octanol–water partition coefficient (Wildman–Crippen LogP) is 1.75. The molecule has 0 aromatic heterocycles. The summed E-state index contributed by atoms with van der Waals surface area (Å²) < 4.78 is 43.3. The molecule has 0 bridgehead atoms. The first-order chi connectivity index (χ1) is 3.25. The molecule has 1 unspecified atom stereocenters. The molecular formula is C2H4F3O2P. The van der Waals surface area contributed by atoms with E-state index in [0.29, 0.717) is 0 Å². The van der Waals surface area contributed by atoms with E-state index < -0.39 is 13.3 Å². The molecule has 1 atom stereocenters. The minimum absolute atomic E-state index is 0.0494. The van der Waals surface area contributed by atoms with Crippen molar-refractivity contribution in [2.24, 2.45) is 0 Å². The lowest BCUT2D eigenvalue weighted by Crippen LogP contribution is -2.06. The highest BCUT2D eigenvalue weighted by Gasteiger charge is 2.45. The van der Waals surface area contributed by atoms with Crippen LogP contribution < -0.4 is 0 Å². The first kappa shape index (κ1) is 7.98. The topological polar surface area (TPSA) is 37.3 Å². The van der Waals surface area contributed by atoms with E-state index in [0.717, 1.165) is 0 Å². The summed E-state index contributed by atoms with van der Waals surface area (Å²) in [5.41, 5.74) is -4.12. The van der Waals surface area contributed by atoms with Crippen molar-refractivity contribution in [3.8, 4) is 0 Å². The Morgan fingerprint density at radius 1 is 1.62 bits per heavy atom. The van der Waals surface area contributed by atoms with Crippen LogP contribution in [0.5, 0.6) is 0 Å². The van der Waals surface area contributed by atoms with Gasteiger partial charge in [-0.1, -0.05) is 0 Å². The van der Waals surface area contributed by atoms with Crippen molar-refractivity contribution in [2.75, 3.05) is 0 Å². The van der Waals surface area contributed by atoms with E-state index in [-0.39, 0.29) is 6.92 Å². The third-order valence-corrected chi connectivity index (χ3v) is 1.45. The van der Waals surface area contributed by atoms with Gasteiger partial charge in [0.2, 0.25) is 0 Å². The van der Waals surface area contributed by atoms with Gasteiger partial charge < -0.3 is 4.89 Å². The molecule has 0 saturated carbocycles. The summed E-state index contributed by atoms with van der Waals surface area (Å²) in [5, 5.41) is 0. The van der Waals surface area contributed by atoms with Crippen molar-refractivity contribution in [3.05, 3.63) is 0 Å². The van der Waals surface area contributed by atoms with Crippen molar-refractivity contribution in [1.82, 2.24) is 0 Å². The fraction of sp³-hybridized carbons (Fsp3) is 1.00. The minimum atomic E-state index is -5.68. The summed E-state index contributed by atoms with van der Waals surface area (Å²) in [6, 6.07) is 0. The van der Waals surface area contributed by atoms with Crippen molar-refractivity contribution in [1.29, 1.82) is 0 Å². The van der Waals surface area contributed by atoms with Crippen LogP contribution in [0.3, 0.4) is 0 Å². The van der Waals surface area contributed by atoms with Gasteiger partial charge in [-0.3, -0.25) is 0 Å². The Balaban J connectivity index is 4.26. The zero-order valence-electron chi connectivity index (χ0n) is 3.94. The molecule has 50 valence electrons. The summed E-state index contributed by atoms with van der Waals surface area (Å²) in [5.74, 6) is 0. The van der Waals surface area contributed by atoms with Gasteiger partial charge in [0.05, 0.1) is 0 Å². The Bertz CT molecular complexity index is 122.